The largest absolute Gasteiger partial charge is 0.335 e. The topological polar surface area (TPSA) is 43.9 Å². The summed E-state index contributed by atoms with van der Waals surface area (Å²) in [5.74, 6) is 0.257. The van der Waals surface area contributed by atoms with Crippen LogP contribution >= 0.6 is 0 Å². The Morgan fingerprint density at radius 1 is 0.722 bits per heavy atom. The number of carbonyl (C=O) groups is 2. The van der Waals surface area contributed by atoms with Crippen LogP contribution in [0.5, 0.6) is 0 Å². The maximum absolute atomic E-state index is 13.2. The second-order valence-corrected chi connectivity index (χ2v) is 10.2. The molecule has 5 heteroatoms. The lowest BCUT2D eigenvalue weighted by Gasteiger charge is -2.53. The minimum atomic E-state index is 0.0977. The van der Waals surface area contributed by atoms with Gasteiger partial charge in [0.25, 0.3) is 11.8 Å². The average Bonchev–Trinajstić information content (AvgIpc) is 3.20. The predicted molar refractivity (Wildman–Crippen MR) is 141 cm³/mol. The molecule has 0 aromatic heterocycles. The monoisotopic (exact) mass is 473 g/mol. The first-order valence-corrected chi connectivity index (χ1v) is 12.7. The van der Waals surface area contributed by atoms with Gasteiger partial charge in [0.15, 0.2) is 0 Å². The van der Waals surface area contributed by atoms with Gasteiger partial charge in [0.05, 0.1) is 6.04 Å². The number of nitrogens with zero attached hydrogens (tertiary/aromatic N) is 3. The summed E-state index contributed by atoms with van der Waals surface area (Å²) in [4.78, 5) is 32.3. The van der Waals surface area contributed by atoms with Crippen LogP contribution in [-0.4, -0.2) is 64.8 Å². The number of likely N-dealkylation sites (tertiary alicyclic amines) is 2. The fourth-order valence-electron chi connectivity index (χ4n) is 5.88. The zero-order valence-corrected chi connectivity index (χ0v) is 20.0. The second-order valence-electron chi connectivity index (χ2n) is 10.2. The molecule has 7 rings (SSSR count). The highest BCUT2D eigenvalue weighted by Gasteiger charge is 2.45. The fourth-order valence-corrected chi connectivity index (χ4v) is 5.88. The normalized spacial score (nSPS) is 18.3. The smallest absolute Gasteiger partial charge is 0.254 e. The number of carbonyl (C=O) groups excluding carboxylic acids is 2. The van der Waals surface area contributed by atoms with Gasteiger partial charge in [-0.05, 0) is 45.7 Å². The molecular weight excluding hydrogens is 446 g/mol. The number of fused-ring (bicyclic) bond motifs is 2. The Labute approximate surface area is 210 Å². The van der Waals surface area contributed by atoms with Crippen molar-refractivity contribution in [2.45, 2.75) is 18.6 Å². The van der Waals surface area contributed by atoms with Crippen LogP contribution in [-0.2, 0) is 6.54 Å². The molecule has 0 aliphatic carbocycles. The molecule has 3 aliphatic heterocycles. The molecule has 0 N–H and O–H groups in total. The summed E-state index contributed by atoms with van der Waals surface area (Å²) < 4.78 is 0. The van der Waals surface area contributed by atoms with Crippen LogP contribution in [0.1, 0.15) is 26.3 Å². The van der Waals surface area contributed by atoms with E-state index in [1.54, 1.807) is 0 Å². The number of hydrogen-bond donors (Lipinski definition) is 0. The van der Waals surface area contributed by atoms with Gasteiger partial charge in [-0.15, -0.1) is 0 Å². The Kier molecular flexibility index (Phi) is 4.93. The summed E-state index contributed by atoms with van der Waals surface area (Å²) >= 11 is 0. The van der Waals surface area contributed by atoms with Crippen LogP contribution in [0.2, 0.25) is 0 Å². The minimum absolute atomic E-state index is 0.0977. The summed E-state index contributed by atoms with van der Waals surface area (Å²) in [7, 11) is 0. The van der Waals surface area contributed by atoms with Crippen molar-refractivity contribution in [3.05, 3.63) is 108 Å². The van der Waals surface area contributed by atoms with Gasteiger partial charge in [-0.1, -0.05) is 72.8 Å². The zero-order valence-electron chi connectivity index (χ0n) is 20.0. The number of rotatable bonds is 4. The van der Waals surface area contributed by atoms with E-state index in [0.29, 0.717) is 6.04 Å². The van der Waals surface area contributed by atoms with Crippen molar-refractivity contribution in [2.24, 2.45) is 0 Å². The van der Waals surface area contributed by atoms with E-state index in [0.717, 1.165) is 60.2 Å². The van der Waals surface area contributed by atoms with Crippen molar-refractivity contribution >= 4 is 22.6 Å². The molecule has 0 radical (unpaired) electrons. The van der Waals surface area contributed by atoms with Crippen LogP contribution < -0.4 is 0 Å². The van der Waals surface area contributed by atoms with Gasteiger partial charge >= 0.3 is 0 Å². The highest BCUT2D eigenvalue weighted by Crippen LogP contribution is 2.32. The third-order valence-corrected chi connectivity index (χ3v) is 8.06. The van der Waals surface area contributed by atoms with Crippen molar-refractivity contribution < 1.29 is 9.59 Å². The molecule has 0 unspecified atom stereocenters. The molecule has 0 atom stereocenters. The van der Waals surface area contributed by atoms with Crippen LogP contribution in [0.3, 0.4) is 0 Å². The van der Waals surface area contributed by atoms with Gasteiger partial charge in [-0.3, -0.25) is 14.5 Å². The van der Waals surface area contributed by atoms with Gasteiger partial charge < -0.3 is 9.80 Å². The van der Waals surface area contributed by atoms with E-state index in [4.69, 9.17) is 0 Å². The molecule has 5 nitrogen and oxygen atoms in total. The van der Waals surface area contributed by atoms with Gasteiger partial charge in [0.2, 0.25) is 0 Å². The van der Waals surface area contributed by atoms with E-state index in [1.165, 1.54) is 11.1 Å². The van der Waals surface area contributed by atoms with Gasteiger partial charge in [-0.25, -0.2) is 0 Å². The molecule has 2 saturated heterocycles. The summed E-state index contributed by atoms with van der Waals surface area (Å²) in [5.41, 5.74) is 5.09. The molecule has 4 aromatic carbocycles. The molecular formula is C31H27N3O2. The third-order valence-electron chi connectivity index (χ3n) is 8.06. The van der Waals surface area contributed by atoms with Crippen molar-refractivity contribution in [3.8, 4) is 11.1 Å². The molecule has 0 saturated carbocycles. The van der Waals surface area contributed by atoms with Gasteiger partial charge in [0.1, 0.15) is 0 Å². The van der Waals surface area contributed by atoms with Crippen molar-refractivity contribution in [3.63, 3.8) is 0 Å². The molecule has 178 valence electrons. The van der Waals surface area contributed by atoms with Crippen LogP contribution in [0, 0.1) is 0 Å². The fraction of sp³-hybridized carbons (Fsp3) is 0.226. The summed E-state index contributed by atoms with van der Waals surface area (Å²) in [6, 6.07) is 31.3. The summed E-state index contributed by atoms with van der Waals surface area (Å²) in [6.45, 7) is 4.01. The zero-order chi connectivity index (χ0) is 24.2. The minimum Gasteiger partial charge on any atom is -0.335 e. The van der Waals surface area contributed by atoms with Crippen LogP contribution in [0.25, 0.3) is 21.9 Å². The molecule has 0 spiro atoms. The highest BCUT2D eigenvalue weighted by atomic mass is 16.2. The average molecular weight is 474 g/mol. The van der Waals surface area contributed by atoms with E-state index in [1.807, 2.05) is 52.3 Å². The Bertz CT molecular complexity index is 1490. The Hall–Kier alpha value is -3.96. The van der Waals surface area contributed by atoms with Crippen LogP contribution in [0.15, 0.2) is 91.0 Å². The van der Waals surface area contributed by atoms with E-state index in [9.17, 15) is 9.59 Å². The number of hydrogen-bond acceptors (Lipinski definition) is 3. The lowest BCUT2D eigenvalue weighted by molar-refractivity contribution is -0.0364. The molecule has 2 amide bonds. The third kappa shape index (κ3) is 3.42. The molecule has 2 fully saturated rings. The van der Waals surface area contributed by atoms with Crippen molar-refractivity contribution in [1.29, 1.82) is 0 Å². The lowest BCUT2D eigenvalue weighted by atomic mass is 9.95. The standard InChI is InChI=1S/C31H27N3O2/c35-30(23-13-14-28-22(15-23)10-6-12-27(28)21-7-2-1-3-8-21)33-17-25(18-33)32-19-26(20-32)34-16-24-9-4-5-11-29(24)31(34)36/h1-15,25-26H,16-20H2. The van der Waals surface area contributed by atoms with Crippen molar-refractivity contribution in [1.82, 2.24) is 14.7 Å². The van der Waals surface area contributed by atoms with Crippen molar-refractivity contribution in [2.75, 3.05) is 26.2 Å². The summed E-state index contributed by atoms with van der Waals surface area (Å²) in [6.07, 6.45) is 0. The Morgan fingerprint density at radius 2 is 1.47 bits per heavy atom. The molecule has 0 bridgehead atoms. The quantitative estimate of drug-likeness (QED) is 0.433. The van der Waals surface area contributed by atoms with Gasteiger partial charge in [-0.2, -0.15) is 0 Å². The Balaban J connectivity index is 0.983. The Morgan fingerprint density at radius 3 is 2.28 bits per heavy atom. The van der Waals surface area contributed by atoms with E-state index >= 15 is 0 Å². The predicted octanol–water partition coefficient (Wildman–Crippen LogP) is 4.67. The molecule has 4 aromatic rings. The molecule has 36 heavy (non-hydrogen) atoms. The van der Waals surface area contributed by atoms with E-state index in [-0.39, 0.29) is 17.9 Å². The maximum Gasteiger partial charge on any atom is 0.254 e. The van der Waals surface area contributed by atoms with E-state index in [2.05, 4.69) is 53.4 Å². The molecule has 3 aliphatic rings. The second kappa shape index (κ2) is 8.32. The van der Waals surface area contributed by atoms with Gasteiger partial charge in [0, 0.05) is 49.9 Å². The molecule has 3 heterocycles. The van der Waals surface area contributed by atoms with E-state index < -0.39 is 0 Å². The SMILES string of the molecule is O=C(c1ccc2c(-c3ccccc3)cccc2c1)N1CC(N2CC(N3Cc4ccccc4C3=O)C2)C1. The van der Waals surface area contributed by atoms with Crippen LogP contribution in [0.4, 0.5) is 0 Å². The lowest BCUT2D eigenvalue weighted by Crippen LogP contribution is -2.70. The summed E-state index contributed by atoms with van der Waals surface area (Å²) in [5, 5.41) is 2.24. The first-order chi connectivity index (χ1) is 17.7. The number of amides is 2. The first-order valence-electron chi connectivity index (χ1n) is 12.7. The maximum atomic E-state index is 13.2. The first kappa shape index (κ1) is 21.3. The number of benzene rings is 4. The highest BCUT2D eigenvalue weighted by molar-refractivity contribution is 6.03.